The van der Waals surface area contributed by atoms with Gasteiger partial charge in [-0.25, -0.2) is 0 Å². The van der Waals surface area contributed by atoms with E-state index in [9.17, 15) is 0 Å². The van der Waals surface area contributed by atoms with Crippen LogP contribution in [0.15, 0.2) is 80.2 Å². The van der Waals surface area contributed by atoms with Crippen molar-refractivity contribution in [2.45, 2.75) is 20.8 Å². The lowest BCUT2D eigenvalue weighted by Gasteiger charge is -2.04. The van der Waals surface area contributed by atoms with Crippen LogP contribution in [0.25, 0.3) is 44.6 Å². The van der Waals surface area contributed by atoms with Crippen LogP contribution in [0.1, 0.15) is 33.5 Å². The van der Waals surface area contributed by atoms with E-state index in [4.69, 9.17) is 0 Å². The summed E-state index contributed by atoms with van der Waals surface area (Å²) < 4.78 is 0. The van der Waals surface area contributed by atoms with Crippen LogP contribution < -0.4 is 0 Å². The Balaban J connectivity index is 1.59. The number of H-pyrrole nitrogens is 2. The molecule has 2 N–H and O–H groups in total. The zero-order chi connectivity index (χ0) is 23.8. The first-order valence-electron chi connectivity index (χ1n) is 11.1. The van der Waals surface area contributed by atoms with Gasteiger partial charge in [-0.1, -0.05) is 31.4 Å². The lowest BCUT2D eigenvalue weighted by molar-refractivity contribution is 1.11. The number of nitrogens with one attached hydrogen (secondary N) is 2. The quantitative estimate of drug-likeness (QED) is 0.252. The maximum atomic E-state index is 4.66. The Morgan fingerprint density at radius 1 is 1.00 bits per heavy atom. The minimum atomic E-state index is 0.901. The number of hydrogen-bond acceptors (Lipinski definition) is 3. The summed E-state index contributed by atoms with van der Waals surface area (Å²) in [5, 5.41) is 8.91. The molecule has 0 atom stereocenters. The SMILES string of the molecule is C=C/C=C(/c1ccc(C(=C)C)s1)c1cc(-c2n[nH]c3ccc(-c4cncc(C)c4)cc23)[nH]c1C. The molecular weight excluding hydrogens is 436 g/mol. The van der Waals surface area contributed by atoms with Gasteiger partial charge in [0, 0.05) is 49.9 Å². The van der Waals surface area contributed by atoms with E-state index in [1.807, 2.05) is 25.4 Å². The minimum Gasteiger partial charge on any atom is -0.357 e. The Morgan fingerprint density at radius 3 is 2.56 bits per heavy atom. The van der Waals surface area contributed by atoms with Gasteiger partial charge in [0.2, 0.25) is 0 Å². The number of allylic oxidation sites excluding steroid dienone is 3. The van der Waals surface area contributed by atoms with E-state index in [1.54, 1.807) is 11.3 Å². The van der Waals surface area contributed by atoms with Crippen molar-refractivity contribution in [1.29, 1.82) is 0 Å². The van der Waals surface area contributed by atoms with Crippen LogP contribution in [0.5, 0.6) is 0 Å². The Morgan fingerprint density at radius 2 is 1.82 bits per heavy atom. The number of aromatic amines is 2. The number of aromatic nitrogens is 4. The van der Waals surface area contributed by atoms with Crippen molar-refractivity contribution in [2.75, 3.05) is 0 Å². The molecule has 4 nitrogen and oxygen atoms in total. The van der Waals surface area contributed by atoms with Gasteiger partial charge in [0.25, 0.3) is 0 Å². The van der Waals surface area contributed by atoms with Gasteiger partial charge < -0.3 is 4.98 Å². The number of rotatable bonds is 6. The van der Waals surface area contributed by atoms with E-state index in [1.165, 1.54) is 9.75 Å². The number of hydrogen-bond donors (Lipinski definition) is 2. The van der Waals surface area contributed by atoms with E-state index >= 15 is 0 Å². The van der Waals surface area contributed by atoms with Gasteiger partial charge in [0.05, 0.1) is 11.2 Å². The molecule has 0 saturated heterocycles. The summed E-state index contributed by atoms with van der Waals surface area (Å²) in [6.07, 6.45) is 7.68. The number of nitrogens with zero attached hydrogens (tertiary/aromatic N) is 2. The molecule has 5 aromatic rings. The molecule has 0 aliphatic heterocycles. The monoisotopic (exact) mass is 462 g/mol. The van der Waals surface area contributed by atoms with Crippen molar-refractivity contribution in [3.8, 4) is 22.5 Å². The smallest absolute Gasteiger partial charge is 0.116 e. The molecule has 5 heteroatoms. The lowest BCUT2D eigenvalue weighted by atomic mass is 10.0. The molecule has 0 aliphatic rings. The van der Waals surface area contributed by atoms with E-state index < -0.39 is 0 Å². The van der Waals surface area contributed by atoms with Crippen LogP contribution >= 0.6 is 11.3 Å². The molecule has 5 rings (SSSR count). The largest absolute Gasteiger partial charge is 0.357 e. The summed E-state index contributed by atoms with van der Waals surface area (Å²) in [7, 11) is 0. The van der Waals surface area contributed by atoms with Crippen molar-refractivity contribution in [3.05, 3.63) is 107 Å². The number of thiophene rings is 1. The zero-order valence-corrected chi connectivity index (χ0v) is 20.4. The molecule has 168 valence electrons. The highest BCUT2D eigenvalue weighted by molar-refractivity contribution is 7.14. The van der Waals surface area contributed by atoms with Crippen LogP contribution in [-0.2, 0) is 0 Å². The second-order valence-electron chi connectivity index (χ2n) is 8.57. The second kappa shape index (κ2) is 8.76. The minimum absolute atomic E-state index is 0.901. The van der Waals surface area contributed by atoms with Crippen molar-refractivity contribution < 1.29 is 0 Å². The Hall–Kier alpha value is -3.96. The molecule has 0 saturated carbocycles. The summed E-state index contributed by atoms with van der Waals surface area (Å²) in [5.74, 6) is 0. The van der Waals surface area contributed by atoms with Crippen molar-refractivity contribution in [2.24, 2.45) is 0 Å². The predicted molar refractivity (Wildman–Crippen MR) is 145 cm³/mol. The fraction of sp³-hybridized carbons (Fsp3) is 0.103. The molecule has 4 aromatic heterocycles. The third-order valence-corrected chi connectivity index (χ3v) is 7.19. The number of benzene rings is 1. The Labute approximate surface area is 203 Å². The van der Waals surface area contributed by atoms with Crippen LogP contribution in [0, 0.1) is 13.8 Å². The van der Waals surface area contributed by atoms with Crippen molar-refractivity contribution in [3.63, 3.8) is 0 Å². The van der Waals surface area contributed by atoms with Crippen LogP contribution in [-0.4, -0.2) is 20.2 Å². The molecule has 0 aliphatic carbocycles. The van der Waals surface area contributed by atoms with Crippen molar-refractivity contribution >= 4 is 33.4 Å². The summed E-state index contributed by atoms with van der Waals surface area (Å²) >= 11 is 1.75. The fourth-order valence-electron chi connectivity index (χ4n) is 4.21. The highest BCUT2D eigenvalue weighted by atomic mass is 32.1. The fourth-order valence-corrected chi connectivity index (χ4v) is 5.18. The van der Waals surface area contributed by atoms with Gasteiger partial charge in [0.1, 0.15) is 5.69 Å². The Kier molecular flexibility index (Phi) is 5.64. The van der Waals surface area contributed by atoms with E-state index in [2.05, 4.69) is 95.7 Å². The summed E-state index contributed by atoms with van der Waals surface area (Å²) in [4.78, 5) is 10.3. The summed E-state index contributed by atoms with van der Waals surface area (Å²) in [5.41, 5.74) is 10.7. The van der Waals surface area contributed by atoms with Gasteiger partial charge in [-0.15, -0.1) is 11.3 Å². The molecule has 34 heavy (non-hydrogen) atoms. The molecule has 0 fully saturated rings. The van der Waals surface area contributed by atoms with E-state index in [-0.39, 0.29) is 0 Å². The number of aryl methyl sites for hydroxylation is 2. The third-order valence-electron chi connectivity index (χ3n) is 5.91. The second-order valence-corrected chi connectivity index (χ2v) is 9.65. The normalized spacial score (nSPS) is 11.8. The molecule has 0 spiro atoms. The average molecular weight is 463 g/mol. The van der Waals surface area contributed by atoms with Gasteiger partial charge in [-0.2, -0.15) is 5.10 Å². The highest BCUT2D eigenvalue weighted by Gasteiger charge is 2.17. The molecule has 0 radical (unpaired) electrons. The van der Waals surface area contributed by atoms with Crippen LogP contribution in [0.4, 0.5) is 0 Å². The number of pyridine rings is 1. The Bertz CT molecular complexity index is 1570. The van der Waals surface area contributed by atoms with Crippen molar-refractivity contribution in [1.82, 2.24) is 20.2 Å². The van der Waals surface area contributed by atoms with E-state index in [0.29, 0.717) is 0 Å². The van der Waals surface area contributed by atoms with Gasteiger partial charge in [-0.05, 0) is 73.9 Å². The number of fused-ring (bicyclic) bond motifs is 1. The first kappa shape index (κ1) is 21.9. The van der Waals surface area contributed by atoms with E-state index in [0.717, 1.165) is 61.4 Å². The lowest BCUT2D eigenvalue weighted by Crippen LogP contribution is -1.85. The maximum Gasteiger partial charge on any atom is 0.116 e. The van der Waals surface area contributed by atoms with Gasteiger partial charge in [-0.3, -0.25) is 10.1 Å². The van der Waals surface area contributed by atoms with Gasteiger partial charge in [0.15, 0.2) is 0 Å². The molecule has 4 heterocycles. The molecule has 0 unspecified atom stereocenters. The molecule has 0 amide bonds. The zero-order valence-electron chi connectivity index (χ0n) is 19.6. The first-order chi connectivity index (χ1) is 16.4. The summed E-state index contributed by atoms with van der Waals surface area (Å²) in [6.45, 7) is 14.2. The first-order valence-corrected chi connectivity index (χ1v) is 12.0. The van der Waals surface area contributed by atoms with Gasteiger partial charge >= 0.3 is 0 Å². The topological polar surface area (TPSA) is 57.4 Å². The van der Waals surface area contributed by atoms with Crippen LogP contribution in [0.3, 0.4) is 0 Å². The summed E-state index contributed by atoms with van der Waals surface area (Å²) in [6, 6.07) is 15.0. The predicted octanol–water partition coefficient (Wildman–Crippen LogP) is 7.95. The van der Waals surface area contributed by atoms with Crippen LogP contribution in [0.2, 0.25) is 0 Å². The molecule has 1 aromatic carbocycles. The molecular formula is C29H26N4S. The third kappa shape index (κ3) is 3.95. The standard InChI is InChI=1S/C29H26N4S/c1-6-7-22(28-11-10-27(34-28)17(2)3)23-14-26(31-19(23)5)29-24-13-20(8-9-25(24)32-33-29)21-12-18(4)15-30-16-21/h6-16,31H,1-2H2,3-5H3,(H,32,33)/b22-7+. The highest BCUT2D eigenvalue weighted by Crippen LogP contribution is 2.37. The average Bonchev–Trinajstić information content (AvgIpc) is 3.55. The maximum absolute atomic E-state index is 4.66. The molecule has 0 bridgehead atoms.